The number of rotatable bonds is 3. The van der Waals surface area contributed by atoms with Crippen LogP contribution in [0.3, 0.4) is 0 Å². The lowest BCUT2D eigenvalue weighted by Crippen LogP contribution is -2.53. The number of benzene rings is 1. The molecule has 0 bridgehead atoms. The summed E-state index contributed by atoms with van der Waals surface area (Å²) >= 11 is 0. The van der Waals surface area contributed by atoms with Crippen molar-refractivity contribution in [3.63, 3.8) is 0 Å². The predicted molar refractivity (Wildman–Crippen MR) is 97.9 cm³/mol. The Bertz CT molecular complexity index is 928. The molecule has 2 aliphatic rings. The van der Waals surface area contributed by atoms with Crippen molar-refractivity contribution in [3.8, 4) is 18.2 Å². The molecule has 28 heavy (non-hydrogen) atoms. The number of nitrogens with one attached hydrogen (secondary N) is 1. The van der Waals surface area contributed by atoms with Gasteiger partial charge in [-0.05, 0) is 30.7 Å². The molecule has 1 aromatic rings. The lowest BCUT2D eigenvalue weighted by Gasteiger charge is -2.47. The minimum absolute atomic E-state index is 0.360. The first kappa shape index (κ1) is 19.7. The maximum absolute atomic E-state index is 14.7. The quantitative estimate of drug-likeness (QED) is 0.812. The third kappa shape index (κ3) is 2.78. The van der Waals surface area contributed by atoms with E-state index >= 15 is 0 Å². The summed E-state index contributed by atoms with van der Waals surface area (Å²) in [5, 5.41) is 37.9. The van der Waals surface area contributed by atoms with E-state index in [0.29, 0.717) is 18.7 Å². The lowest BCUT2D eigenvalue weighted by atomic mass is 9.54. The molecule has 1 fully saturated rings. The van der Waals surface area contributed by atoms with E-state index in [9.17, 15) is 24.6 Å². The summed E-state index contributed by atoms with van der Waals surface area (Å²) in [4.78, 5) is 2.07. The summed E-state index contributed by atoms with van der Waals surface area (Å²) in [6, 6.07) is 9.13. The van der Waals surface area contributed by atoms with Gasteiger partial charge in [0.05, 0.1) is 23.9 Å². The number of nitrogens with zero attached hydrogens (tertiary/aromatic N) is 4. The Balaban J connectivity index is 2.29. The molecule has 5 nitrogen and oxygen atoms in total. The van der Waals surface area contributed by atoms with E-state index in [1.54, 1.807) is 0 Å². The molecule has 1 saturated carbocycles. The van der Waals surface area contributed by atoms with Gasteiger partial charge < -0.3 is 5.41 Å². The van der Waals surface area contributed by atoms with Crippen LogP contribution in [0.5, 0.6) is 0 Å². The van der Waals surface area contributed by atoms with Gasteiger partial charge in [-0.2, -0.15) is 15.8 Å². The predicted octanol–water partition coefficient (Wildman–Crippen LogP) is 3.52. The zero-order valence-electron chi connectivity index (χ0n) is 15.4. The summed E-state index contributed by atoms with van der Waals surface area (Å²) in [6.45, 7) is 3.68. The molecule has 1 N–H and O–H groups in total. The van der Waals surface area contributed by atoms with Gasteiger partial charge in [0.15, 0.2) is 5.41 Å². The van der Waals surface area contributed by atoms with E-state index in [-0.39, 0.29) is 5.56 Å². The molecule has 1 unspecified atom stereocenters. The second-order valence-corrected chi connectivity index (χ2v) is 7.19. The van der Waals surface area contributed by atoms with E-state index in [2.05, 4.69) is 4.90 Å². The number of fused-ring (bicyclic) bond motifs is 1. The minimum atomic E-state index is -2.11. The molecule has 1 aliphatic heterocycles. The van der Waals surface area contributed by atoms with Gasteiger partial charge in [-0.25, -0.2) is 8.78 Å². The van der Waals surface area contributed by atoms with E-state index < -0.39 is 40.5 Å². The molecule has 3 rings (SSSR count). The number of halogens is 2. The van der Waals surface area contributed by atoms with Crippen LogP contribution < -0.4 is 0 Å². The molecule has 0 aromatic heterocycles. The van der Waals surface area contributed by atoms with Crippen LogP contribution in [-0.2, 0) is 0 Å². The highest BCUT2D eigenvalue weighted by molar-refractivity contribution is 6.00. The summed E-state index contributed by atoms with van der Waals surface area (Å²) < 4.78 is 29.5. The molecule has 3 atom stereocenters. The maximum atomic E-state index is 14.7. The second kappa shape index (κ2) is 7.50. The third-order valence-corrected chi connectivity index (χ3v) is 5.72. The average Bonchev–Trinajstić information content (AvgIpc) is 2.69. The van der Waals surface area contributed by atoms with Gasteiger partial charge in [0.2, 0.25) is 0 Å². The van der Waals surface area contributed by atoms with Crippen molar-refractivity contribution in [2.24, 2.45) is 17.3 Å². The first-order valence-electron chi connectivity index (χ1n) is 9.12. The van der Waals surface area contributed by atoms with E-state index in [1.807, 2.05) is 31.2 Å². The van der Waals surface area contributed by atoms with Crippen LogP contribution in [-0.4, -0.2) is 30.2 Å². The fraction of sp³-hybridized carbons (Fsp3) is 0.429. The number of hydrogen-bond donors (Lipinski definition) is 1. The standard InChI is InChI=1S/C21H19F2N5/c1-2-7-28-8-6-13-14(9-24)20(27)21(11-25,12-26)19(15(13)10-28)18-16(22)4-3-5-17(18)23/h3-6,14-15,19,27H,2,7-8,10H2,1H3/t14?,15-,19-/m1/s1. The van der Waals surface area contributed by atoms with Crippen molar-refractivity contribution in [1.82, 2.24) is 4.90 Å². The molecular formula is C21H19F2N5. The van der Waals surface area contributed by atoms with Gasteiger partial charge in [0.25, 0.3) is 0 Å². The largest absolute Gasteiger partial charge is 0.305 e. The van der Waals surface area contributed by atoms with Crippen molar-refractivity contribution in [1.29, 1.82) is 21.2 Å². The van der Waals surface area contributed by atoms with Crippen LogP contribution in [0.25, 0.3) is 0 Å². The molecule has 0 radical (unpaired) electrons. The van der Waals surface area contributed by atoms with Gasteiger partial charge in [0.1, 0.15) is 17.6 Å². The van der Waals surface area contributed by atoms with Crippen LogP contribution in [0.4, 0.5) is 8.78 Å². The molecule has 0 amide bonds. The van der Waals surface area contributed by atoms with Crippen LogP contribution in [0.1, 0.15) is 24.8 Å². The molecule has 0 spiro atoms. The average molecular weight is 379 g/mol. The Kier molecular flexibility index (Phi) is 5.27. The maximum Gasteiger partial charge on any atom is 0.190 e. The fourth-order valence-electron chi connectivity index (χ4n) is 4.49. The number of nitriles is 3. The van der Waals surface area contributed by atoms with Crippen molar-refractivity contribution < 1.29 is 8.78 Å². The highest BCUT2D eigenvalue weighted by Crippen LogP contribution is 2.54. The molecule has 1 aliphatic carbocycles. The number of hydrogen-bond acceptors (Lipinski definition) is 5. The molecule has 1 heterocycles. The Morgan fingerprint density at radius 2 is 1.86 bits per heavy atom. The van der Waals surface area contributed by atoms with Gasteiger partial charge in [-0.15, -0.1) is 0 Å². The SMILES string of the molecule is CCCN1CC=C2C(C#N)C(=N)C(C#N)(C#N)[C@@H](c3c(F)cccc3F)[C@@H]2C1. The summed E-state index contributed by atoms with van der Waals surface area (Å²) in [5.41, 5.74) is -2.30. The molecule has 1 aromatic carbocycles. The summed E-state index contributed by atoms with van der Waals surface area (Å²) in [6.07, 6.45) is 2.68. The van der Waals surface area contributed by atoms with Crippen LogP contribution in [0, 0.1) is 68.3 Å². The first-order valence-corrected chi connectivity index (χ1v) is 9.12. The minimum Gasteiger partial charge on any atom is -0.305 e. The van der Waals surface area contributed by atoms with Gasteiger partial charge in [0, 0.05) is 30.5 Å². The van der Waals surface area contributed by atoms with Gasteiger partial charge >= 0.3 is 0 Å². The van der Waals surface area contributed by atoms with Crippen LogP contribution in [0.2, 0.25) is 0 Å². The zero-order chi connectivity index (χ0) is 20.5. The van der Waals surface area contributed by atoms with E-state index in [0.717, 1.165) is 25.1 Å². The Morgan fingerprint density at radius 1 is 1.21 bits per heavy atom. The Hall–Kier alpha value is -3.08. The molecule has 7 heteroatoms. The Labute approximate surface area is 162 Å². The monoisotopic (exact) mass is 379 g/mol. The summed E-state index contributed by atoms with van der Waals surface area (Å²) in [5.74, 6) is -4.55. The third-order valence-electron chi connectivity index (χ3n) is 5.72. The molecular weight excluding hydrogens is 360 g/mol. The van der Waals surface area contributed by atoms with Crippen LogP contribution >= 0.6 is 0 Å². The fourth-order valence-corrected chi connectivity index (χ4v) is 4.49. The highest BCUT2D eigenvalue weighted by atomic mass is 19.1. The molecule has 0 saturated heterocycles. The van der Waals surface area contributed by atoms with Gasteiger partial charge in [-0.3, -0.25) is 4.90 Å². The van der Waals surface area contributed by atoms with E-state index in [4.69, 9.17) is 5.41 Å². The van der Waals surface area contributed by atoms with Crippen molar-refractivity contribution in [2.75, 3.05) is 19.6 Å². The second-order valence-electron chi connectivity index (χ2n) is 7.19. The van der Waals surface area contributed by atoms with Crippen molar-refractivity contribution in [3.05, 3.63) is 47.0 Å². The van der Waals surface area contributed by atoms with Crippen molar-refractivity contribution >= 4 is 5.71 Å². The zero-order valence-corrected chi connectivity index (χ0v) is 15.4. The van der Waals surface area contributed by atoms with E-state index in [1.165, 1.54) is 6.07 Å². The van der Waals surface area contributed by atoms with Crippen LogP contribution in [0.15, 0.2) is 29.8 Å². The van der Waals surface area contributed by atoms with Crippen molar-refractivity contribution in [2.45, 2.75) is 19.3 Å². The normalized spacial score (nSPS) is 26.4. The topological polar surface area (TPSA) is 98.5 Å². The Morgan fingerprint density at radius 3 is 2.39 bits per heavy atom. The van der Waals surface area contributed by atoms with Gasteiger partial charge in [-0.1, -0.05) is 19.1 Å². The summed E-state index contributed by atoms with van der Waals surface area (Å²) in [7, 11) is 0. The lowest BCUT2D eigenvalue weighted by molar-refractivity contribution is 0.200. The highest BCUT2D eigenvalue weighted by Gasteiger charge is 2.58. The smallest absolute Gasteiger partial charge is 0.190 e. The first-order chi connectivity index (χ1) is 13.4. The molecule has 142 valence electrons.